The molecule has 0 aliphatic heterocycles. The molecule has 0 saturated heterocycles. The molecule has 0 aliphatic carbocycles. The Balaban J connectivity index is 2.56. The minimum atomic E-state index is -4.57. The van der Waals surface area contributed by atoms with E-state index in [9.17, 15) is 0 Å². The van der Waals surface area contributed by atoms with Crippen LogP contribution >= 0.6 is 7.82 Å². The van der Waals surface area contributed by atoms with Gasteiger partial charge in [0.2, 0.25) is 0 Å². The van der Waals surface area contributed by atoms with Crippen LogP contribution in [0.3, 0.4) is 0 Å². The van der Waals surface area contributed by atoms with Gasteiger partial charge in [0.15, 0.2) is 0 Å². The number of unbranched alkanes of at least 4 members (excludes halogenated alkanes) is 81. The third-order valence-corrected chi connectivity index (χ3v) is 31.4. The maximum absolute atomic E-state index is 18.2. The van der Waals surface area contributed by atoms with Crippen molar-refractivity contribution in [1.82, 2.24) is 0 Å². The van der Waals surface area contributed by atoms with Crippen LogP contribution in [0.2, 0.25) is 0 Å². The minimum absolute atomic E-state index is 0.775. The molecule has 0 unspecified atom stereocenters. The Morgan fingerprint density at radius 2 is 0.244 bits per heavy atom. The molecular formula is C126H231O4P. The Hall–Kier alpha value is -2.71. The van der Waals surface area contributed by atoms with E-state index in [-0.39, 0.29) is 0 Å². The summed E-state index contributed by atoms with van der Waals surface area (Å²) in [6.45, 7) is 21.1. The van der Waals surface area contributed by atoms with E-state index in [0.29, 0.717) is 0 Å². The van der Waals surface area contributed by atoms with Gasteiger partial charge < -0.3 is 13.6 Å². The van der Waals surface area contributed by atoms with E-state index in [1.54, 1.807) is 0 Å². The highest BCUT2D eigenvalue weighted by atomic mass is 31.2. The average molecular weight is 1840 g/mol. The molecule has 0 aromatic heterocycles. The minimum Gasteiger partial charge on any atom is -0.386 e. The topological polar surface area (TPSA) is 44.8 Å². The van der Waals surface area contributed by atoms with Crippen molar-refractivity contribution in [3.63, 3.8) is 0 Å². The highest BCUT2D eigenvalue weighted by Gasteiger charge is 2.38. The first-order valence-electron chi connectivity index (χ1n) is 60.9. The summed E-state index contributed by atoms with van der Waals surface area (Å²) in [7, 11) is -4.57. The van der Waals surface area contributed by atoms with Gasteiger partial charge in [0.25, 0.3) is 0 Å². The molecule has 5 heteroatoms. The molecule has 0 bridgehead atoms. The van der Waals surface area contributed by atoms with E-state index >= 15 is 4.57 Å². The second kappa shape index (κ2) is 93.6. The summed E-state index contributed by atoms with van der Waals surface area (Å²) in [4.78, 5) is 0. The fourth-order valence-electron chi connectivity index (χ4n) is 21.4. The van der Waals surface area contributed by atoms with E-state index in [1.807, 2.05) is 0 Å². The number of benzene rings is 3. The van der Waals surface area contributed by atoms with Crippen LogP contribution in [-0.4, -0.2) is 0 Å². The molecule has 0 fully saturated rings. The molecule has 0 spiro atoms. The van der Waals surface area contributed by atoms with Gasteiger partial charge in [-0.15, -0.1) is 0 Å². The molecule has 0 N–H and O–H groups in total. The van der Waals surface area contributed by atoms with Gasteiger partial charge in [-0.3, -0.25) is 0 Å². The first-order valence-corrected chi connectivity index (χ1v) is 62.3. The van der Waals surface area contributed by atoms with Crippen LogP contribution in [0.1, 0.15) is 690 Å². The molecule has 0 saturated carbocycles. The quantitative estimate of drug-likeness (QED) is 0.0417. The molecular weight excluding hydrogens is 1610 g/mol. The predicted molar refractivity (Wildman–Crippen MR) is 589 cm³/mol. The van der Waals surface area contributed by atoms with E-state index in [0.717, 1.165) is 94.3 Å². The molecule has 0 heterocycles. The Morgan fingerprint density at radius 3 is 0.374 bits per heavy atom. The number of rotatable bonds is 105. The first-order chi connectivity index (χ1) is 64.8. The summed E-state index contributed by atoms with van der Waals surface area (Å²) in [5.74, 6) is 2.32. The molecule has 0 radical (unpaired) electrons. The number of aryl methyl sites for hydroxylation is 3. The molecule has 131 heavy (non-hydrogen) atoms. The van der Waals surface area contributed by atoms with Crippen molar-refractivity contribution in [1.29, 1.82) is 0 Å². The average Bonchev–Trinajstić information content (AvgIpc) is 0.774. The molecule has 3 aromatic carbocycles. The first kappa shape index (κ1) is 122. The van der Waals surface area contributed by atoms with Crippen LogP contribution < -0.4 is 13.6 Å². The summed E-state index contributed by atoms with van der Waals surface area (Å²) in [6, 6.07) is 14.3. The zero-order valence-electron chi connectivity index (χ0n) is 90.5. The zero-order chi connectivity index (χ0) is 93.8. The van der Waals surface area contributed by atoms with Crippen molar-refractivity contribution in [3.8, 4) is 17.2 Å². The van der Waals surface area contributed by atoms with Gasteiger partial charge >= 0.3 is 7.82 Å². The van der Waals surface area contributed by atoms with E-state index in [2.05, 4.69) is 98.7 Å². The zero-order valence-corrected chi connectivity index (χ0v) is 91.4. The van der Waals surface area contributed by atoms with Crippen LogP contribution in [-0.2, 0) is 62.4 Å². The molecule has 4 nitrogen and oxygen atoms in total. The Labute approximate surface area is 822 Å². The third kappa shape index (κ3) is 68.1. The number of hydrogen-bond acceptors (Lipinski definition) is 4. The number of phosphoric acid groups is 1. The summed E-state index contributed by atoms with van der Waals surface area (Å²) < 4.78 is 41.8. The van der Waals surface area contributed by atoms with E-state index in [1.165, 1.54) is 609 Å². The fraction of sp³-hybridized carbons (Fsp3) is 0.857. The van der Waals surface area contributed by atoms with E-state index in [4.69, 9.17) is 13.6 Å². The van der Waals surface area contributed by atoms with Crippen LogP contribution in [0.5, 0.6) is 17.2 Å². The molecule has 3 aromatic rings. The van der Waals surface area contributed by atoms with Crippen LogP contribution in [0, 0.1) is 0 Å². The lowest BCUT2D eigenvalue weighted by molar-refractivity contribution is 0.294. The summed E-state index contributed by atoms with van der Waals surface area (Å²) in [5, 5.41) is 0. The molecule has 0 atom stereocenters. The van der Waals surface area contributed by atoms with Gasteiger partial charge in [-0.25, -0.2) is 0 Å². The lowest BCUT2D eigenvalue weighted by atomic mass is 9.89. The molecule has 764 valence electrons. The van der Waals surface area contributed by atoms with Crippen molar-refractivity contribution in [2.24, 2.45) is 0 Å². The summed E-state index contributed by atoms with van der Waals surface area (Å²) in [5.41, 5.74) is 13.0. The van der Waals surface area contributed by atoms with Crippen molar-refractivity contribution >= 4 is 7.82 Å². The number of hydrogen-bond donors (Lipinski definition) is 0. The van der Waals surface area contributed by atoms with Crippen LogP contribution in [0.4, 0.5) is 0 Å². The maximum atomic E-state index is 18.2. The van der Waals surface area contributed by atoms with Crippen LogP contribution in [0.25, 0.3) is 0 Å². The highest BCUT2D eigenvalue weighted by molar-refractivity contribution is 7.49. The Bertz CT molecular complexity index is 2630. The highest BCUT2D eigenvalue weighted by Crippen LogP contribution is 2.54. The largest absolute Gasteiger partial charge is 0.647 e. The number of phosphoric ester groups is 1. The Kier molecular flexibility index (Phi) is 87.5. The summed E-state index contributed by atoms with van der Waals surface area (Å²) in [6.07, 6.45) is 129. The van der Waals surface area contributed by atoms with Gasteiger partial charge in [-0.1, -0.05) is 601 Å². The van der Waals surface area contributed by atoms with Crippen molar-refractivity contribution in [3.05, 3.63) is 86.5 Å². The standard InChI is InChI=1S/C126H231O4P/c1-10-19-28-37-46-55-64-73-82-91-100-115-109-112-124(121(106-97-88-79-70-61-52-43-34-25-16-7)118(115)103-94-85-76-67-58-49-40-31-22-13-4)128-131(127,129-125-113-110-116(101-92-83-74-65-56-47-38-29-20-11-2)119(104-95-86-77-68-59-50-41-32-23-14-5)122(125)107-98-89-80-71-62-53-44-35-26-17-8)130-126-114-111-117(102-93-84-75-66-57-48-39-30-21-12-3)120(105-96-87-78-69-60-51-42-33-24-15-6)123(126)108-99-90-81-72-63-54-45-36-27-18-9/h109-114H,10-108H2,1-9H3. The Morgan fingerprint density at radius 1 is 0.137 bits per heavy atom. The van der Waals surface area contributed by atoms with Crippen molar-refractivity contribution < 1.29 is 18.1 Å². The smallest absolute Gasteiger partial charge is 0.386 e. The maximum Gasteiger partial charge on any atom is 0.647 e. The summed E-state index contributed by atoms with van der Waals surface area (Å²) >= 11 is 0. The second-order valence-electron chi connectivity index (χ2n) is 42.6. The predicted octanol–water partition coefficient (Wildman–Crippen LogP) is 45.5. The van der Waals surface area contributed by atoms with Gasteiger partial charge in [0, 0.05) is 0 Å². The van der Waals surface area contributed by atoms with Gasteiger partial charge in [0.05, 0.1) is 0 Å². The third-order valence-electron chi connectivity index (χ3n) is 30.2. The molecule has 0 aliphatic rings. The normalized spacial score (nSPS) is 11.9. The molecule has 0 amide bonds. The second-order valence-corrected chi connectivity index (χ2v) is 44.1. The lowest BCUT2D eigenvalue weighted by Gasteiger charge is -2.27. The van der Waals surface area contributed by atoms with Gasteiger partial charge in [0.1, 0.15) is 17.2 Å². The molecule has 3 rings (SSSR count). The van der Waals surface area contributed by atoms with Gasteiger partial charge in [-0.2, -0.15) is 4.57 Å². The fourth-order valence-corrected chi connectivity index (χ4v) is 22.8. The van der Waals surface area contributed by atoms with Crippen molar-refractivity contribution in [2.45, 2.75) is 698 Å². The SMILES string of the molecule is CCCCCCCCCCCCc1ccc(OP(=O)(Oc2ccc(CCCCCCCCCCCC)c(CCCCCCCCCCCC)c2CCCCCCCCCCCC)Oc2ccc(CCCCCCCCCCCC)c(CCCCCCCCCCCC)c2CCCCCCCCCCCC)c(CCCCCCCCCCCC)c1CCCCCCCCCCCC. The van der Waals surface area contributed by atoms with Gasteiger partial charge in [-0.05, 0) is 184 Å². The lowest BCUT2D eigenvalue weighted by Crippen LogP contribution is -2.14. The monoisotopic (exact) mass is 1840 g/mol. The van der Waals surface area contributed by atoms with Crippen LogP contribution in [0.15, 0.2) is 36.4 Å². The van der Waals surface area contributed by atoms with Crippen molar-refractivity contribution in [2.75, 3.05) is 0 Å². The van der Waals surface area contributed by atoms with E-state index < -0.39 is 7.82 Å².